The monoisotopic (exact) mass is 120 g/mol. The maximum Gasteiger partial charge on any atom is 0.0406 e. The van der Waals surface area contributed by atoms with E-state index in [1.807, 2.05) is 18.3 Å². The van der Waals surface area contributed by atoms with Crippen LogP contribution in [-0.2, 0) is 0 Å². The van der Waals surface area contributed by atoms with Crippen LogP contribution in [0.2, 0.25) is 0 Å². The molecule has 47 valence electrons. The number of allylic oxidation sites excluding steroid dienone is 1. The van der Waals surface area contributed by atoms with Gasteiger partial charge < -0.3 is 4.98 Å². The fourth-order valence-electron chi connectivity index (χ4n) is 0.685. The Morgan fingerprint density at radius 3 is 2.89 bits per heavy atom. The predicted molar refractivity (Wildman–Crippen MR) is 39.8 cm³/mol. The third-order valence-electron chi connectivity index (χ3n) is 1.28. The average Bonchev–Trinajstić information content (AvgIpc) is 2.37. The van der Waals surface area contributed by atoms with Crippen LogP contribution in [0.4, 0.5) is 0 Å². The lowest BCUT2D eigenvalue weighted by Crippen LogP contribution is -1.77. The summed E-state index contributed by atoms with van der Waals surface area (Å²) in [6.07, 6.45) is 2.65. The fraction of sp³-hybridized carbons (Fsp3) is 0.125. The van der Waals surface area contributed by atoms with E-state index in [9.17, 15) is 0 Å². The molecule has 1 heteroatoms. The largest absolute Gasteiger partial charge is 0.361 e. The summed E-state index contributed by atoms with van der Waals surface area (Å²) in [6, 6.07) is 3.95. The Balaban J connectivity index is 2.77. The number of aromatic nitrogens is 1. The van der Waals surface area contributed by atoms with Crippen molar-refractivity contribution in [3.8, 4) is 0 Å². The highest BCUT2D eigenvalue weighted by atomic mass is 14.7. The Kier molecular flexibility index (Phi) is 1.73. The maximum atomic E-state index is 3.82. The van der Waals surface area contributed by atoms with Crippen LogP contribution < -0.4 is 0 Å². The Bertz CT molecular complexity index is 184. The Labute approximate surface area is 55.4 Å². The molecule has 0 fully saturated rings. The number of aromatic amines is 1. The van der Waals surface area contributed by atoms with Gasteiger partial charge in [0, 0.05) is 11.9 Å². The molecular weight excluding hydrogens is 110 g/mol. The lowest BCUT2D eigenvalue weighted by Gasteiger charge is -1.94. The summed E-state index contributed by atoms with van der Waals surface area (Å²) in [5, 5.41) is 0. The number of hydrogen-bond donors (Lipinski definition) is 1. The number of H-pyrrole nitrogens is 1. The van der Waals surface area contributed by atoms with Crippen LogP contribution in [0.15, 0.2) is 24.9 Å². The third-order valence-corrected chi connectivity index (χ3v) is 1.28. The molecule has 0 unspecified atom stereocenters. The first-order valence-electron chi connectivity index (χ1n) is 2.95. The smallest absolute Gasteiger partial charge is 0.0406 e. The van der Waals surface area contributed by atoms with Gasteiger partial charge in [-0.2, -0.15) is 0 Å². The van der Waals surface area contributed by atoms with Crippen LogP contribution in [0.5, 0.6) is 0 Å². The fourth-order valence-corrected chi connectivity index (χ4v) is 0.685. The minimum Gasteiger partial charge on any atom is -0.361 e. The summed E-state index contributed by atoms with van der Waals surface area (Å²) >= 11 is 0. The molecule has 0 aliphatic carbocycles. The second-order valence-electron chi connectivity index (χ2n) is 1.94. The second kappa shape index (κ2) is 2.53. The summed E-state index contributed by atoms with van der Waals surface area (Å²) in [7, 11) is 0. The van der Waals surface area contributed by atoms with Crippen LogP contribution in [0.1, 0.15) is 12.1 Å². The van der Waals surface area contributed by atoms with Crippen LogP contribution in [-0.4, -0.2) is 4.98 Å². The molecule has 0 bridgehead atoms. The molecule has 0 saturated carbocycles. The maximum absolute atomic E-state index is 3.82. The molecule has 1 N–H and O–H groups in total. The van der Waals surface area contributed by atoms with Crippen molar-refractivity contribution in [2.45, 2.75) is 6.42 Å². The predicted octanol–water partition coefficient (Wildman–Crippen LogP) is 2.25. The van der Waals surface area contributed by atoms with E-state index in [1.54, 1.807) is 0 Å². The quantitative estimate of drug-likeness (QED) is 0.616. The summed E-state index contributed by atoms with van der Waals surface area (Å²) in [5.41, 5.74) is 2.14. The number of rotatable bonds is 2. The topological polar surface area (TPSA) is 15.8 Å². The zero-order valence-corrected chi connectivity index (χ0v) is 5.35. The van der Waals surface area contributed by atoms with Gasteiger partial charge in [-0.05, 0) is 31.1 Å². The van der Waals surface area contributed by atoms with Crippen LogP contribution in [0.3, 0.4) is 0 Å². The van der Waals surface area contributed by atoms with Crippen LogP contribution in [0.25, 0.3) is 5.57 Å². The average molecular weight is 120 g/mol. The van der Waals surface area contributed by atoms with E-state index in [0.717, 1.165) is 17.7 Å². The van der Waals surface area contributed by atoms with Crippen molar-refractivity contribution in [3.05, 3.63) is 37.5 Å². The van der Waals surface area contributed by atoms with E-state index in [0.29, 0.717) is 0 Å². The lowest BCUT2D eigenvalue weighted by atomic mass is 10.2. The molecule has 0 amide bonds. The minimum absolute atomic E-state index is 0.764. The second-order valence-corrected chi connectivity index (χ2v) is 1.94. The molecule has 1 aromatic rings. The highest BCUT2D eigenvalue weighted by molar-refractivity contribution is 5.60. The van der Waals surface area contributed by atoms with Gasteiger partial charge in [-0.25, -0.2) is 0 Å². The first-order valence-corrected chi connectivity index (χ1v) is 2.95. The first-order chi connectivity index (χ1) is 4.34. The zero-order chi connectivity index (χ0) is 6.69. The molecule has 1 nitrogen and oxygen atoms in total. The van der Waals surface area contributed by atoms with Gasteiger partial charge >= 0.3 is 0 Å². The molecule has 1 aromatic heterocycles. The van der Waals surface area contributed by atoms with Crippen molar-refractivity contribution in [1.82, 2.24) is 4.98 Å². The van der Waals surface area contributed by atoms with Crippen molar-refractivity contribution in [2.75, 3.05) is 0 Å². The van der Waals surface area contributed by atoms with E-state index in [4.69, 9.17) is 0 Å². The summed E-state index contributed by atoms with van der Waals surface area (Å²) < 4.78 is 0. The van der Waals surface area contributed by atoms with Gasteiger partial charge in [0.2, 0.25) is 0 Å². The van der Waals surface area contributed by atoms with Crippen LogP contribution in [0, 0.1) is 6.92 Å². The molecule has 0 aromatic carbocycles. The highest BCUT2D eigenvalue weighted by Crippen LogP contribution is 2.11. The van der Waals surface area contributed by atoms with Gasteiger partial charge in [0.15, 0.2) is 0 Å². The SMILES string of the molecule is [CH2]CC(=C)c1ccc[nH]1. The molecule has 0 aliphatic heterocycles. The Morgan fingerprint density at radius 2 is 2.44 bits per heavy atom. The van der Waals surface area contributed by atoms with E-state index in [-0.39, 0.29) is 0 Å². The third kappa shape index (κ3) is 1.22. The summed E-state index contributed by atoms with van der Waals surface area (Å²) in [4.78, 5) is 3.05. The first kappa shape index (κ1) is 6.14. The molecule has 0 atom stereocenters. The van der Waals surface area contributed by atoms with Crippen LogP contribution >= 0.6 is 0 Å². The van der Waals surface area contributed by atoms with E-state index in [2.05, 4.69) is 18.5 Å². The van der Waals surface area contributed by atoms with Crippen molar-refractivity contribution in [2.24, 2.45) is 0 Å². The molecule has 1 radical (unpaired) electrons. The molecule has 1 rings (SSSR count). The molecule has 0 saturated heterocycles. The molecule has 9 heavy (non-hydrogen) atoms. The normalized spacial score (nSPS) is 9.44. The van der Waals surface area contributed by atoms with Gasteiger partial charge in [0.25, 0.3) is 0 Å². The molecule has 0 aliphatic rings. The van der Waals surface area contributed by atoms with E-state index in [1.165, 1.54) is 0 Å². The van der Waals surface area contributed by atoms with Gasteiger partial charge in [-0.1, -0.05) is 6.58 Å². The number of nitrogens with one attached hydrogen (secondary N) is 1. The van der Waals surface area contributed by atoms with Crippen molar-refractivity contribution < 1.29 is 0 Å². The zero-order valence-electron chi connectivity index (χ0n) is 5.35. The van der Waals surface area contributed by atoms with Crippen molar-refractivity contribution in [3.63, 3.8) is 0 Å². The minimum atomic E-state index is 0.764. The standard InChI is InChI=1S/C8H10N/c1-3-7(2)8-5-4-6-9-8/h4-6,9H,1-3H2. The van der Waals surface area contributed by atoms with Gasteiger partial charge in [0.05, 0.1) is 0 Å². The van der Waals surface area contributed by atoms with E-state index < -0.39 is 0 Å². The molecule has 0 spiro atoms. The lowest BCUT2D eigenvalue weighted by molar-refractivity contribution is 1.29. The van der Waals surface area contributed by atoms with Crippen molar-refractivity contribution >= 4 is 5.57 Å². The highest BCUT2D eigenvalue weighted by Gasteiger charge is 1.92. The molecular formula is C8H10N. The Hall–Kier alpha value is -0.980. The van der Waals surface area contributed by atoms with Gasteiger partial charge in [-0.15, -0.1) is 0 Å². The van der Waals surface area contributed by atoms with Gasteiger partial charge in [0.1, 0.15) is 0 Å². The summed E-state index contributed by atoms with van der Waals surface area (Å²) in [6.45, 7) is 7.54. The van der Waals surface area contributed by atoms with E-state index >= 15 is 0 Å². The number of hydrogen-bond acceptors (Lipinski definition) is 0. The molecule has 1 heterocycles. The summed E-state index contributed by atoms with van der Waals surface area (Å²) in [5.74, 6) is 0. The Morgan fingerprint density at radius 1 is 1.67 bits per heavy atom. The van der Waals surface area contributed by atoms with Crippen molar-refractivity contribution in [1.29, 1.82) is 0 Å². The van der Waals surface area contributed by atoms with Gasteiger partial charge in [-0.3, -0.25) is 0 Å².